The summed E-state index contributed by atoms with van der Waals surface area (Å²) in [5.74, 6) is -0.385. The van der Waals surface area contributed by atoms with Gasteiger partial charge in [-0.25, -0.2) is 9.78 Å². The molecule has 0 fully saturated rings. The Kier molecular flexibility index (Phi) is 4.51. The fraction of sp³-hybridized carbons (Fsp3) is 0.118. The Morgan fingerprint density at radius 2 is 2.26 bits per heavy atom. The standard InChI is InChI=1S/C17H12N2O2S2/c1-11-15(23-16(19-11)14-5-6-22-10-14)17(20)21-9-13-4-2-3-12(7-13)8-18/h2-7,10H,9H2,1H3. The molecule has 0 amide bonds. The van der Waals surface area contributed by atoms with Crippen molar-refractivity contribution in [3.05, 3.63) is 62.8 Å². The average molecular weight is 340 g/mol. The van der Waals surface area contributed by atoms with Gasteiger partial charge in [-0.15, -0.1) is 11.3 Å². The van der Waals surface area contributed by atoms with E-state index in [0.29, 0.717) is 16.1 Å². The Hall–Kier alpha value is -2.49. The molecule has 3 aromatic rings. The van der Waals surface area contributed by atoms with Crippen molar-refractivity contribution in [2.24, 2.45) is 0 Å². The second-order valence-electron chi connectivity index (χ2n) is 4.83. The number of thiophene rings is 1. The minimum Gasteiger partial charge on any atom is -0.457 e. The Bertz CT molecular complexity index is 876. The first-order valence-electron chi connectivity index (χ1n) is 6.83. The molecular weight excluding hydrogens is 328 g/mol. The maximum Gasteiger partial charge on any atom is 0.350 e. The van der Waals surface area contributed by atoms with E-state index in [1.807, 2.05) is 22.9 Å². The third-order valence-corrected chi connectivity index (χ3v) is 5.05. The zero-order valence-electron chi connectivity index (χ0n) is 12.3. The Morgan fingerprint density at radius 3 is 3.00 bits per heavy atom. The van der Waals surface area contributed by atoms with Crippen LogP contribution >= 0.6 is 22.7 Å². The third kappa shape index (κ3) is 3.47. The molecule has 1 aromatic carbocycles. The van der Waals surface area contributed by atoms with Gasteiger partial charge >= 0.3 is 5.97 Å². The number of hydrogen-bond donors (Lipinski definition) is 0. The second-order valence-corrected chi connectivity index (χ2v) is 6.61. The predicted octanol–water partition coefficient (Wildman–Crippen LogP) is 4.41. The van der Waals surface area contributed by atoms with Gasteiger partial charge in [-0.3, -0.25) is 0 Å². The molecule has 0 saturated heterocycles. The van der Waals surface area contributed by atoms with Crippen LogP contribution in [0.25, 0.3) is 10.6 Å². The molecule has 3 rings (SSSR count). The average Bonchev–Trinajstić information content (AvgIpc) is 3.22. The van der Waals surface area contributed by atoms with E-state index in [-0.39, 0.29) is 12.6 Å². The molecule has 2 heterocycles. The van der Waals surface area contributed by atoms with Crippen LogP contribution in [-0.4, -0.2) is 11.0 Å². The van der Waals surface area contributed by atoms with Crippen LogP contribution in [0.3, 0.4) is 0 Å². The van der Waals surface area contributed by atoms with Gasteiger partial charge in [-0.2, -0.15) is 16.6 Å². The number of aromatic nitrogens is 1. The van der Waals surface area contributed by atoms with Crippen LogP contribution in [0.5, 0.6) is 0 Å². The van der Waals surface area contributed by atoms with Crippen LogP contribution in [0.1, 0.15) is 26.5 Å². The van der Waals surface area contributed by atoms with Gasteiger partial charge in [-0.1, -0.05) is 12.1 Å². The normalized spacial score (nSPS) is 10.3. The fourth-order valence-corrected chi connectivity index (χ4v) is 3.71. The first-order chi connectivity index (χ1) is 11.2. The van der Waals surface area contributed by atoms with Crippen molar-refractivity contribution in [3.63, 3.8) is 0 Å². The summed E-state index contributed by atoms with van der Waals surface area (Å²) in [6.07, 6.45) is 0. The molecule has 114 valence electrons. The lowest BCUT2D eigenvalue weighted by atomic mass is 10.1. The van der Waals surface area contributed by atoms with Crippen LogP contribution in [0.15, 0.2) is 41.1 Å². The number of nitrogens with zero attached hydrogens (tertiary/aromatic N) is 2. The molecule has 4 nitrogen and oxygen atoms in total. The molecule has 0 spiro atoms. The quantitative estimate of drug-likeness (QED) is 0.660. The molecular formula is C17H12N2O2S2. The molecule has 0 aliphatic heterocycles. The highest BCUT2D eigenvalue weighted by molar-refractivity contribution is 7.17. The summed E-state index contributed by atoms with van der Waals surface area (Å²) in [5, 5.41) is 13.7. The number of nitriles is 1. The zero-order valence-corrected chi connectivity index (χ0v) is 13.9. The molecule has 0 aliphatic rings. The number of carbonyl (C=O) groups excluding carboxylic acids is 1. The van der Waals surface area contributed by atoms with E-state index in [9.17, 15) is 4.79 Å². The molecule has 0 unspecified atom stereocenters. The van der Waals surface area contributed by atoms with Gasteiger partial charge in [0.25, 0.3) is 0 Å². The minimum absolute atomic E-state index is 0.138. The van der Waals surface area contributed by atoms with Gasteiger partial charge in [-0.05, 0) is 36.1 Å². The van der Waals surface area contributed by atoms with Crippen molar-refractivity contribution >= 4 is 28.6 Å². The number of rotatable bonds is 4. The van der Waals surface area contributed by atoms with Crippen LogP contribution in [0.2, 0.25) is 0 Å². The molecule has 0 aliphatic carbocycles. The van der Waals surface area contributed by atoms with E-state index >= 15 is 0 Å². The molecule has 0 bridgehead atoms. The molecule has 0 atom stereocenters. The van der Waals surface area contributed by atoms with Gasteiger partial charge in [0.1, 0.15) is 16.5 Å². The van der Waals surface area contributed by atoms with E-state index in [1.54, 1.807) is 36.5 Å². The molecule has 2 aromatic heterocycles. The largest absolute Gasteiger partial charge is 0.457 e. The van der Waals surface area contributed by atoms with Gasteiger partial charge < -0.3 is 4.74 Å². The van der Waals surface area contributed by atoms with Gasteiger partial charge in [0.15, 0.2) is 0 Å². The number of esters is 1. The zero-order chi connectivity index (χ0) is 16.2. The van der Waals surface area contributed by atoms with Crippen LogP contribution in [0, 0.1) is 18.3 Å². The summed E-state index contributed by atoms with van der Waals surface area (Å²) in [4.78, 5) is 17.2. The Balaban J connectivity index is 1.72. The molecule has 6 heteroatoms. The van der Waals surface area contributed by atoms with E-state index < -0.39 is 0 Å². The van der Waals surface area contributed by atoms with Crippen LogP contribution in [0.4, 0.5) is 0 Å². The van der Waals surface area contributed by atoms with Crippen molar-refractivity contribution in [3.8, 4) is 16.6 Å². The number of carbonyl (C=O) groups is 1. The number of aryl methyl sites for hydroxylation is 1. The number of hydrogen-bond acceptors (Lipinski definition) is 6. The number of benzene rings is 1. The van der Waals surface area contributed by atoms with Crippen molar-refractivity contribution < 1.29 is 9.53 Å². The van der Waals surface area contributed by atoms with Gasteiger partial charge in [0.2, 0.25) is 0 Å². The minimum atomic E-state index is -0.385. The maximum absolute atomic E-state index is 12.3. The van der Waals surface area contributed by atoms with Gasteiger partial charge in [0, 0.05) is 10.9 Å². The topological polar surface area (TPSA) is 63.0 Å². The van der Waals surface area contributed by atoms with Crippen LogP contribution < -0.4 is 0 Å². The van der Waals surface area contributed by atoms with E-state index in [4.69, 9.17) is 10.00 Å². The lowest BCUT2D eigenvalue weighted by Crippen LogP contribution is -2.05. The Morgan fingerprint density at radius 1 is 1.39 bits per heavy atom. The maximum atomic E-state index is 12.3. The number of ether oxygens (including phenoxy) is 1. The number of thiazole rings is 1. The summed E-state index contributed by atoms with van der Waals surface area (Å²) in [6.45, 7) is 1.94. The Labute approximate surface area is 141 Å². The molecule has 23 heavy (non-hydrogen) atoms. The fourth-order valence-electron chi connectivity index (χ4n) is 2.04. The summed E-state index contributed by atoms with van der Waals surface area (Å²) < 4.78 is 5.35. The first-order valence-corrected chi connectivity index (χ1v) is 8.59. The predicted molar refractivity (Wildman–Crippen MR) is 90.4 cm³/mol. The molecule has 0 saturated carbocycles. The molecule has 0 radical (unpaired) electrons. The molecule has 0 N–H and O–H groups in total. The SMILES string of the molecule is Cc1nc(-c2ccsc2)sc1C(=O)OCc1cccc(C#N)c1. The second kappa shape index (κ2) is 6.73. The van der Waals surface area contributed by atoms with Crippen molar-refractivity contribution in [1.82, 2.24) is 4.98 Å². The van der Waals surface area contributed by atoms with Crippen LogP contribution in [-0.2, 0) is 11.3 Å². The highest BCUT2D eigenvalue weighted by Gasteiger charge is 2.17. The first kappa shape index (κ1) is 15.4. The smallest absolute Gasteiger partial charge is 0.350 e. The highest BCUT2D eigenvalue weighted by atomic mass is 32.1. The summed E-state index contributed by atoms with van der Waals surface area (Å²) in [5.41, 5.74) is 3.03. The highest BCUT2D eigenvalue weighted by Crippen LogP contribution is 2.29. The summed E-state index contributed by atoms with van der Waals surface area (Å²) >= 11 is 2.93. The van der Waals surface area contributed by atoms with Gasteiger partial charge in [0.05, 0.1) is 17.3 Å². The monoisotopic (exact) mass is 340 g/mol. The van der Waals surface area contributed by atoms with E-state index in [1.165, 1.54) is 11.3 Å². The van der Waals surface area contributed by atoms with Crippen molar-refractivity contribution in [2.75, 3.05) is 0 Å². The van der Waals surface area contributed by atoms with E-state index in [2.05, 4.69) is 11.1 Å². The van der Waals surface area contributed by atoms with E-state index in [0.717, 1.165) is 16.1 Å². The summed E-state index contributed by atoms with van der Waals surface area (Å²) in [6, 6.07) is 11.1. The third-order valence-electron chi connectivity index (χ3n) is 3.18. The van der Waals surface area contributed by atoms with Crippen molar-refractivity contribution in [2.45, 2.75) is 13.5 Å². The van der Waals surface area contributed by atoms with Crippen molar-refractivity contribution in [1.29, 1.82) is 5.26 Å². The lowest BCUT2D eigenvalue weighted by molar-refractivity contribution is 0.0477. The lowest BCUT2D eigenvalue weighted by Gasteiger charge is -2.04. The summed E-state index contributed by atoms with van der Waals surface area (Å²) in [7, 11) is 0.